The molecule has 0 atom stereocenters. The van der Waals surface area contributed by atoms with Crippen LogP contribution in [0.3, 0.4) is 0 Å². The van der Waals surface area contributed by atoms with E-state index in [1.54, 1.807) is 6.07 Å². The average Bonchev–Trinajstić information content (AvgIpc) is 2.21. The standard InChI is InChI=1S/C11H15BrFN/c1-3-14(4-2)11-6-5-10(13)7-9(11)8-12/h5-7H,3-4,8H2,1-2H3. The third kappa shape index (κ3) is 2.47. The summed E-state index contributed by atoms with van der Waals surface area (Å²) in [6, 6.07) is 4.95. The van der Waals surface area contributed by atoms with E-state index in [1.165, 1.54) is 6.07 Å². The Kier molecular flexibility index (Phi) is 4.39. The summed E-state index contributed by atoms with van der Waals surface area (Å²) in [5.41, 5.74) is 2.13. The topological polar surface area (TPSA) is 3.24 Å². The van der Waals surface area contributed by atoms with Crippen molar-refractivity contribution in [2.45, 2.75) is 19.2 Å². The molecule has 78 valence electrons. The van der Waals surface area contributed by atoms with Crippen LogP contribution < -0.4 is 4.90 Å². The molecule has 0 spiro atoms. The van der Waals surface area contributed by atoms with E-state index in [1.807, 2.05) is 6.07 Å². The number of alkyl halides is 1. The first-order valence-electron chi connectivity index (χ1n) is 4.82. The summed E-state index contributed by atoms with van der Waals surface area (Å²) in [6.45, 7) is 6.10. The van der Waals surface area contributed by atoms with Crippen LogP contribution >= 0.6 is 15.9 Å². The first-order chi connectivity index (χ1) is 6.72. The predicted octanol–water partition coefficient (Wildman–Crippen LogP) is 3.57. The minimum Gasteiger partial charge on any atom is -0.372 e. The van der Waals surface area contributed by atoms with E-state index in [9.17, 15) is 4.39 Å². The Balaban J connectivity index is 3.06. The molecule has 0 heterocycles. The average molecular weight is 260 g/mol. The monoisotopic (exact) mass is 259 g/mol. The fraction of sp³-hybridized carbons (Fsp3) is 0.455. The molecule has 0 saturated carbocycles. The normalized spacial score (nSPS) is 10.3. The number of anilines is 1. The molecular formula is C11H15BrFN. The smallest absolute Gasteiger partial charge is 0.123 e. The minimum atomic E-state index is -0.171. The van der Waals surface area contributed by atoms with Crippen molar-refractivity contribution in [3.63, 3.8) is 0 Å². The molecule has 3 heteroatoms. The molecule has 0 radical (unpaired) electrons. The van der Waals surface area contributed by atoms with Crippen molar-refractivity contribution >= 4 is 21.6 Å². The lowest BCUT2D eigenvalue weighted by Gasteiger charge is -2.23. The highest BCUT2D eigenvalue weighted by molar-refractivity contribution is 9.08. The van der Waals surface area contributed by atoms with Crippen LogP contribution in [0.5, 0.6) is 0 Å². The molecule has 0 N–H and O–H groups in total. The van der Waals surface area contributed by atoms with Crippen molar-refractivity contribution in [2.75, 3.05) is 18.0 Å². The molecule has 1 aromatic carbocycles. The number of rotatable bonds is 4. The Hall–Kier alpha value is -0.570. The third-order valence-corrected chi connectivity index (χ3v) is 2.89. The first kappa shape index (κ1) is 11.5. The van der Waals surface area contributed by atoms with Crippen LogP contribution in [0.2, 0.25) is 0 Å². The van der Waals surface area contributed by atoms with Crippen molar-refractivity contribution < 1.29 is 4.39 Å². The molecule has 0 aliphatic rings. The van der Waals surface area contributed by atoms with Crippen LogP contribution in [0.1, 0.15) is 19.4 Å². The maximum atomic E-state index is 13.0. The highest BCUT2D eigenvalue weighted by Crippen LogP contribution is 2.23. The lowest BCUT2D eigenvalue weighted by molar-refractivity contribution is 0.626. The predicted molar refractivity (Wildman–Crippen MR) is 62.6 cm³/mol. The van der Waals surface area contributed by atoms with Crippen LogP contribution in [0.25, 0.3) is 0 Å². The van der Waals surface area contributed by atoms with Crippen molar-refractivity contribution in [2.24, 2.45) is 0 Å². The Morgan fingerprint density at radius 1 is 1.29 bits per heavy atom. The lowest BCUT2D eigenvalue weighted by atomic mass is 10.1. The van der Waals surface area contributed by atoms with Crippen LogP contribution in [0.15, 0.2) is 18.2 Å². The molecule has 1 rings (SSSR count). The van der Waals surface area contributed by atoms with Gasteiger partial charge in [0, 0.05) is 24.1 Å². The van der Waals surface area contributed by atoms with Gasteiger partial charge in [-0.3, -0.25) is 0 Å². The van der Waals surface area contributed by atoms with E-state index < -0.39 is 0 Å². The van der Waals surface area contributed by atoms with Gasteiger partial charge in [-0.05, 0) is 37.6 Å². The van der Waals surface area contributed by atoms with Gasteiger partial charge in [0.15, 0.2) is 0 Å². The van der Waals surface area contributed by atoms with E-state index in [-0.39, 0.29) is 5.82 Å². The van der Waals surface area contributed by atoms with Gasteiger partial charge < -0.3 is 4.90 Å². The SMILES string of the molecule is CCN(CC)c1ccc(F)cc1CBr. The number of hydrogen-bond acceptors (Lipinski definition) is 1. The molecule has 0 fully saturated rings. The quantitative estimate of drug-likeness (QED) is 0.748. The summed E-state index contributed by atoms with van der Waals surface area (Å²) in [4.78, 5) is 2.22. The zero-order valence-electron chi connectivity index (χ0n) is 8.56. The largest absolute Gasteiger partial charge is 0.372 e. The summed E-state index contributed by atoms with van der Waals surface area (Å²) in [5, 5.41) is 0.691. The van der Waals surface area contributed by atoms with Gasteiger partial charge >= 0.3 is 0 Å². The molecule has 0 unspecified atom stereocenters. The summed E-state index contributed by atoms with van der Waals surface area (Å²) in [7, 11) is 0. The number of halogens is 2. The molecule has 0 bridgehead atoms. The Morgan fingerprint density at radius 3 is 2.43 bits per heavy atom. The molecule has 14 heavy (non-hydrogen) atoms. The fourth-order valence-corrected chi connectivity index (χ4v) is 1.98. The van der Waals surface area contributed by atoms with E-state index >= 15 is 0 Å². The first-order valence-corrected chi connectivity index (χ1v) is 5.94. The molecule has 0 saturated heterocycles. The van der Waals surface area contributed by atoms with Gasteiger partial charge in [0.1, 0.15) is 5.82 Å². The van der Waals surface area contributed by atoms with Crippen LogP contribution in [-0.2, 0) is 5.33 Å². The Bertz CT molecular complexity index is 297. The maximum absolute atomic E-state index is 13.0. The van der Waals surface area contributed by atoms with Gasteiger partial charge in [0.2, 0.25) is 0 Å². The van der Waals surface area contributed by atoms with Crippen molar-refractivity contribution in [1.29, 1.82) is 0 Å². The molecule has 1 nitrogen and oxygen atoms in total. The van der Waals surface area contributed by atoms with Crippen molar-refractivity contribution in [1.82, 2.24) is 0 Å². The second kappa shape index (κ2) is 5.35. The second-order valence-corrected chi connectivity index (χ2v) is 3.64. The molecule has 1 aromatic rings. The zero-order valence-corrected chi connectivity index (χ0v) is 10.1. The summed E-state index contributed by atoms with van der Waals surface area (Å²) in [6.07, 6.45) is 0. The third-order valence-electron chi connectivity index (χ3n) is 2.29. The Morgan fingerprint density at radius 2 is 1.93 bits per heavy atom. The summed E-state index contributed by atoms with van der Waals surface area (Å²) >= 11 is 3.38. The molecule has 0 aliphatic carbocycles. The summed E-state index contributed by atoms with van der Waals surface area (Å²) < 4.78 is 13.0. The van der Waals surface area contributed by atoms with Crippen LogP contribution in [-0.4, -0.2) is 13.1 Å². The highest BCUT2D eigenvalue weighted by Gasteiger charge is 2.07. The lowest BCUT2D eigenvalue weighted by Crippen LogP contribution is -2.22. The molecular weight excluding hydrogens is 245 g/mol. The van der Waals surface area contributed by atoms with E-state index in [0.717, 1.165) is 24.3 Å². The number of benzene rings is 1. The van der Waals surface area contributed by atoms with Gasteiger partial charge in [-0.2, -0.15) is 0 Å². The van der Waals surface area contributed by atoms with Crippen LogP contribution in [0, 0.1) is 5.82 Å². The summed E-state index contributed by atoms with van der Waals surface area (Å²) in [5.74, 6) is -0.171. The van der Waals surface area contributed by atoms with Crippen molar-refractivity contribution in [3.05, 3.63) is 29.6 Å². The van der Waals surface area contributed by atoms with Gasteiger partial charge in [-0.15, -0.1) is 0 Å². The minimum absolute atomic E-state index is 0.171. The van der Waals surface area contributed by atoms with Gasteiger partial charge in [0.05, 0.1) is 0 Å². The van der Waals surface area contributed by atoms with Crippen LogP contribution in [0.4, 0.5) is 10.1 Å². The maximum Gasteiger partial charge on any atom is 0.123 e. The van der Waals surface area contributed by atoms with Gasteiger partial charge in [-0.1, -0.05) is 15.9 Å². The molecule has 0 aliphatic heterocycles. The van der Waals surface area contributed by atoms with Crippen molar-refractivity contribution in [3.8, 4) is 0 Å². The van der Waals surface area contributed by atoms with Gasteiger partial charge in [-0.25, -0.2) is 4.39 Å². The molecule has 0 amide bonds. The molecule has 0 aromatic heterocycles. The van der Waals surface area contributed by atoms with E-state index in [0.29, 0.717) is 5.33 Å². The Labute approximate surface area is 93.0 Å². The fourth-order valence-electron chi connectivity index (χ4n) is 1.53. The highest BCUT2D eigenvalue weighted by atomic mass is 79.9. The van der Waals surface area contributed by atoms with E-state index in [4.69, 9.17) is 0 Å². The van der Waals surface area contributed by atoms with E-state index in [2.05, 4.69) is 34.7 Å². The zero-order chi connectivity index (χ0) is 10.6. The number of hydrogen-bond donors (Lipinski definition) is 0. The second-order valence-electron chi connectivity index (χ2n) is 3.08. The van der Waals surface area contributed by atoms with Gasteiger partial charge in [0.25, 0.3) is 0 Å². The number of nitrogens with zero attached hydrogens (tertiary/aromatic N) is 1.